The molecule has 1 aliphatic heterocycles. The summed E-state index contributed by atoms with van der Waals surface area (Å²) < 4.78 is 5.55. The molecule has 1 saturated carbocycles. The van der Waals surface area contributed by atoms with Gasteiger partial charge in [-0.3, -0.25) is 9.59 Å². The number of aliphatic carboxylic acids is 1. The third-order valence-electron chi connectivity index (χ3n) is 5.25. The highest BCUT2D eigenvalue weighted by atomic mass is 127. The van der Waals surface area contributed by atoms with Crippen LogP contribution in [0, 0.1) is 5.41 Å². The SMILES string of the molecule is O=C1O[C@@H]2C[C@@]13Cc1ccccc1[C@@]3(C(=O)O)C[C@@H]2I. The lowest BCUT2D eigenvalue weighted by atomic mass is 9.57. The Morgan fingerprint density at radius 1 is 1.35 bits per heavy atom. The number of carbonyl (C=O) groups excluding carboxylic acids is 1. The molecule has 1 spiro atoms. The van der Waals surface area contributed by atoms with Gasteiger partial charge in [0, 0.05) is 10.3 Å². The van der Waals surface area contributed by atoms with Gasteiger partial charge >= 0.3 is 11.9 Å². The van der Waals surface area contributed by atoms with Crippen molar-refractivity contribution >= 4 is 34.5 Å². The van der Waals surface area contributed by atoms with Crippen molar-refractivity contribution in [3.8, 4) is 0 Å². The largest absolute Gasteiger partial charge is 0.481 e. The van der Waals surface area contributed by atoms with E-state index in [2.05, 4.69) is 22.6 Å². The lowest BCUT2D eigenvalue weighted by Gasteiger charge is -2.42. The third-order valence-corrected chi connectivity index (χ3v) is 6.50. The summed E-state index contributed by atoms with van der Waals surface area (Å²) in [5.74, 6) is -1.21. The first kappa shape index (κ1) is 12.6. The van der Waals surface area contributed by atoms with Crippen molar-refractivity contribution in [3.63, 3.8) is 0 Å². The van der Waals surface area contributed by atoms with E-state index in [9.17, 15) is 14.7 Å². The van der Waals surface area contributed by atoms with Gasteiger partial charge < -0.3 is 9.84 Å². The van der Waals surface area contributed by atoms with Crippen molar-refractivity contribution < 1.29 is 19.4 Å². The van der Waals surface area contributed by atoms with Crippen LogP contribution in [0.4, 0.5) is 0 Å². The van der Waals surface area contributed by atoms with Crippen LogP contribution in [-0.2, 0) is 26.2 Å². The maximum absolute atomic E-state index is 12.5. The monoisotopic (exact) mass is 384 g/mol. The Balaban J connectivity index is 2.04. The van der Waals surface area contributed by atoms with E-state index >= 15 is 0 Å². The maximum Gasteiger partial charge on any atom is 0.315 e. The smallest absolute Gasteiger partial charge is 0.315 e. The second-order valence-electron chi connectivity index (χ2n) is 5.99. The van der Waals surface area contributed by atoms with Gasteiger partial charge in [0.2, 0.25) is 0 Å². The number of halogens is 1. The fourth-order valence-corrected chi connectivity index (χ4v) is 5.44. The van der Waals surface area contributed by atoms with Crippen LogP contribution in [0.25, 0.3) is 0 Å². The predicted octanol–water partition coefficient (Wildman–Crippen LogP) is 2.07. The van der Waals surface area contributed by atoms with Crippen molar-refractivity contribution in [3.05, 3.63) is 35.4 Å². The van der Waals surface area contributed by atoms with E-state index in [0.29, 0.717) is 19.3 Å². The summed E-state index contributed by atoms with van der Waals surface area (Å²) in [6.45, 7) is 0. The van der Waals surface area contributed by atoms with Crippen LogP contribution < -0.4 is 0 Å². The van der Waals surface area contributed by atoms with Gasteiger partial charge in [0.25, 0.3) is 0 Å². The maximum atomic E-state index is 12.5. The molecule has 0 radical (unpaired) electrons. The molecule has 1 aromatic carbocycles. The molecular formula is C15H13IO4. The Kier molecular flexibility index (Phi) is 2.37. The first-order valence-electron chi connectivity index (χ1n) is 6.68. The summed E-state index contributed by atoms with van der Waals surface area (Å²) >= 11 is 2.23. The molecule has 1 aromatic rings. The van der Waals surface area contributed by atoms with Crippen molar-refractivity contribution in [2.24, 2.45) is 5.41 Å². The first-order chi connectivity index (χ1) is 9.51. The molecule has 3 aliphatic rings. The number of fused-ring (bicyclic) bond motifs is 3. The normalized spacial score (nSPS) is 41.0. The highest BCUT2D eigenvalue weighted by Crippen LogP contribution is 2.64. The Labute approximate surface area is 129 Å². The van der Waals surface area contributed by atoms with Crippen LogP contribution in [0.15, 0.2) is 24.3 Å². The lowest BCUT2D eigenvalue weighted by molar-refractivity contribution is -0.159. The number of carboxylic acid groups (broad SMARTS) is 1. The Hall–Kier alpha value is -1.11. The molecule has 104 valence electrons. The van der Waals surface area contributed by atoms with E-state index in [0.717, 1.165) is 11.1 Å². The van der Waals surface area contributed by atoms with Gasteiger partial charge in [0.15, 0.2) is 0 Å². The summed E-state index contributed by atoms with van der Waals surface area (Å²) in [7, 11) is 0. The third kappa shape index (κ3) is 1.19. The van der Waals surface area contributed by atoms with E-state index in [-0.39, 0.29) is 16.0 Å². The molecule has 1 N–H and O–H groups in total. The van der Waals surface area contributed by atoms with Crippen molar-refractivity contribution in [1.29, 1.82) is 0 Å². The predicted molar refractivity (Wildman–Crippen MR) is 78.8 cm³/mol. The number of alkyl halides is 1. The molecule has 1 heterocycles. The fourth-order valence-electron chi connectivity index (χ4n) is 4.37. The van der Waals surface area contributed by atoms with E-state index < -0.39 is 16.8 Å². The minimum Gasteiger partial charge on any atom is -0.481 e. The zero-order valence-electron chi connectivity index (χ0n) is 10.6. The quantitative estimate of drug-likeness (QED) is 0.458. The van der Waals surface area contributed by atoms with Gasteiger partial charge in [-0.15, -0.1) is 0 Å². The molecule has 2 fully saturated rings. The second kappa shape index (κ2) is 3.75. The first-order valence-corrected chi connectivity index (χ1v) is 7.93. The van der Waals surface area contributed by atoms with Crippen molar-refractivity contribution in [1.82, 2.24) is 0 Å². The molecule has 4 nitrogen and oxygen atoms in total. The molecule has 1 saturated heterocycles. The van der Waals surface area contributed by atoms with Gasteiger partial charge in [0.05, 0.1) is 5.41 Å². The van der Waals surface area contributed by atoms with Crippen LogP contribution in [0.1, 0.15) is 24.0 Å². The minimum absolute atomic E-state index is 0.0504. The summed E-state index contributed by atoms with van der Waals surface area (Å²) in [6, 6.07) is 7.57. The average molecular weight is 384 g/mol. The number of carbonyl (C=O) groups is 2. The molecule has 0 unspecified atom stereocenters. The van der Waals surface area contributed by atoms with Crippen LogP contribution >= 0.6 is 22.6 Å². The summed E-state index contributed by atoms with van der Waals surface area (Å²) in [5.41, 5.74) is -0.210. The molecule has 4 rings (SSSR count). The Morgan fingerprint density at radius 3 is 2.85 bits per heavy atom. The van der Waals surface area contributed by atoms with Crippen LogP contribution in [0.3, 0.4) is 0 Å². The molecular weight excluding hydrogens is 371 g/mol. The standard InChI is InChI=1S/C15H13IO4/c16-10-6-15(12(17)18)9-4-2-1-3-8(9)5-14(15)7-11(10)20-13(14)19/h1-4,10-11H,5-7H2,(H,17,18)/t10-,11+,14-,15+/m0/s1. The number of benzene rings is 1. The zero-order chi connectivity index (χ0) is 14.1. The molecule has 20 heavy (non-hydrogen) atoms. The summed E-state index contributed by atoms with van der Waals surface area (Å²) in [4.78, 5) is 24.7. The number of esters is 1. The highest BCUT2D eigenvalue weighted by molar-refractivity contribution is 14.1. The second-order valence-corrected chi connectivity index (χ2v) is 7.59. The fraction of sp³-hybridized carbons (Fsp3) is 0.467. The summed E-state index contributed by atoms with van der Waals surface area (Å²) in [5, 5.41) is 9.99. The number of ether oxygens (including phenoxy) is 1. The van der Waals surface area contributed by atoms with Crippen LogP contribution in [-0.4, -0.2) is 27.1 Å². The van der Waals surface area contributed by atoms with Crippen LogP contribution in [0.5, 0.6) is 0 Å². The molecule has 0 aromatic heterocycles. The van der Waals surface area contributed by atoms with E-state index in [1.807, 2.05) is 24.3 Å². The Morgan fingerprint density at radius 2 is 2.10 bits per heavy atom. The minimum atomic E-state index is -1.11. The number of rotatable bonds is 1. The molecule has 4 atom stereocenters. The Bertz CT molecular complexity index is 643. The van der Waals surface area contributed by atoms with Gasteiger partial charge in [-0.2, -0.15) is 0 Å². The van der Waals surface area contributed by atoms with E-state index in [4.69, 9.17) is 4.74 Å². The molecule has 2 aliphatic carbocycles. The van der Waals surface area contributed by atoms with Gasteiger partial charge in [-0.1, -0.05) is 46.9 Å². The highest BCUT2D eigenvalue weighted by Gasteiger charge is 2.73. The lowest BCUT2D eigenvalue weighted by Crippen LogP contribution is -2.55. The van der Waals surface area contributed by atoms with Crippen LogP contribution in [0.2, 0.25) is 0 Å². The molecule has 2 bridgehead atoms. The number of carboxylic acids is 1. The van der Waals surface area contributed by atoms with E-state index in [1.165, 1.54) is 0 Å². The van der Waals surface area contributed by atoms with Gasteiger partial charge in [0.1, 0.15) is 11.5 Å². The van der Waals surface area contributed by atoms with Gasteiger partial charge in [-0.25, -0.2) is 0 Å². The zero-order valence-corrected chi connectivity index (χ0v) is 12.8. The molecule has 0 amide bonds. The van der Waals surface area contributed by atoms with Gasteiger partial charge in [-0.05, 0) is 24.0 Å². The number of hydrogen-bond acceptors (Lipinski definition) is 3. The van der Waals surface area contributed by atoms with Crippen molar-refractivity contribution in [2.75, 3.05) is 0 Å². The van der Waals surface area contributed by atoms with Crippen molar-refractivity contribution in [2.45, 2.75) is 34.7 Å². The topological polar surface area (TPSA) is 63.6 Å². The average Bonchev–Trinajstić information content (AvgIpc) is 2.87. The summed E-state index contributed by atoms with van der Waals surface area (Å²) in [6.07, 6.45) is 1.36. The van der Waals surface area contributed by atoms with E-state index in [1.54, 1.807) is 0 Å². The number of hydrogen-bond donors (Lipinski definition) is 1. The molecule has 5 heteroatoms.